The highest BCUT2D eigenvalue weighted by molar-refractivity contribution is 7.08. The Balaban J connectivity index is 0.000000112. The van der Waals surface area contributed by atoms with Crippen LogP contribution in [-0.2, 0) is 41.3 Å². The van der Waals surface area contributed by atoms with Crippen molar-refractivity contribution in [1.82, 2.24) is 35.3 Å². The Morgan fingerprint density at radius 2 is 0.775 bits per heavy atom. The number of hydrogen-bond donors (Lipinski definition) is 8. The molecule has 111 heavy (non-hydrogen) atoms. The highest BCUT2D eigenvalue weighted by atomic mass is 32.1. The van der Waals surface area contributed by atoms with Gasteiger partial charge in [-0.25, -0.2) is 0 Å². The van der Waals surface area contributed by atoms with Gasteiger partial charge in [0.15, 0.2) is 16.6 Å². The summed E-state index contributed by atoms with van der Waals surface area (Å²) >= 11 is 3.17. The molecule has 0 bridgehead atoms. The summed E-state index contributed by atoms with van der Waals surface area (Å²) in [4.78, 5) is 59.5. The van der Waals surface area contributed by atoms with Crippen molar-refractivity contribution in [3.63, 3.8) is 0 Å². The molecule has 25 heteroatoms. The minimum Gasteiger partial charge on any atom is -0.393 e. The zero-order valence-corrected chi connectivity index (χ0v) is 64.7. The molecule has 7 aliphatic heterocycles. The van der Waals surface area contributed by atoms with Crippen molar-refractivity contribution in [2.75, 3.05) is 60.5 Å². The summed E-state index contributed by atoms with van der Waals surface area (Å²) < 4.78 is 21.4. The van der Waals surface area contributed by atoms with E-state index in [-0.39, 0.29) is 29.7 Å². The van der Waals surface area contributed by atoms with Gasteiger partial charge in [0, 0.05) is 107 Å². The van der Waals surface area contributed by atoms with Gasteiger partial charge in [-0.05, 0) is 215 Å². The second-order valence-corrected chi connectivity index (χ2v) is 31.4. The number of carbonyl (C=O) groups excluding carboxylic acids is 4. The second kappa shape index (κ2) is 29.1. The van der Waals surface area contributed by atoms with Crippen molar-refractivity contribution in [2.45, 2.75) is 128 Å². The van der Waals surface area contributed by atoms with Crippen molar-refractivity contribution in [3.8, 4) is 44.5 Å². The molecule has 7 aliphatic rings. The number of aromatic nitrogens is 4. The van der Waals surface area contributed by atoms with E-state index in [9.17, 15) is 34.5 Å². The number of nitrogens with zero attached hydrogens (tertiary/aromatic N) is 7. The van der Waals surface area contributed by atoms with Crippen molar-refractivity contribution >= 4 is 69.1 Å². The quantitative estimate of drug-likeness (QED) is 0.0596. The first kappa shape index (κ1) is 74.3. The van der Waals surface area contributed by atoms with Gasteiger partial charge in [0.2, 0.25) is 0 Å². The number of anilines is 4. The van der Waals surface area contributed by atoms with Crippen LogP contribution in [0.15, 0.2) is 179 Å². The molecular formula is C86H86N12O11S2. The first-order valence-corrected chi connectivity index (χ1v) is 39.2. The zero-order chi connectivity index (χ0) is 77.6. The van der Waals surface area contributed by atoms with Crippen LogP contribution in [-0.4, -0.2) is 132 Å². The summed E-state index contributed by atoms with van der Waals surface area (Å²) in [6.45, 7) is 20.7. The number of hydrogen-bond acceptors (Lipinski definition) is 21. The lowest BCUT2D eigenvalue weighted by atomic mass is 9.79. The predicted octanol–water partition coefficient (Wildman–Crippen LogP) is 13.6. The summed E-state index contributed by atoms with van der Waals surface area (Å²) in [7, 11) is 0. The van der Waals surface area contributed by atoms with E-state index in [1.54, 1.807) is 22.7 Å². The number of carbonyl (C=O) groups is 4. The molecule has 5 atom stereocenters. The first-order chi connectivity index (χ1) is 53.4. The number of aryl methyl sites for hydroxylation is 9. The summed E-state index contributed by atoms with van der Waals surface area (Å²) in [5.41, 5.74) is 25.1. The third kappa shape index (κ3) is 12.4. The Bertz CT molecular complexity index is 5490. The lowest BCUT2D eigenvalue weighted by Gasteiger charge is -2.48. The van der Waals surface area contributed by atoms with Crippen LogP contribution in [0, 0.1) is 62.3 Å². The fraction of sp³-hybridized carbons (Fsp3) is 0.302. The van der Waals surface area contributed by atoms with Crippen molar-refractivity contribution in [3.05, 3.63) is 257 Å². The van der Waals surface area contributed by atoms with Crippen LogP contribution >= 0.6 is 22.7 Å². The van der Waals surface area contributed by atoms with E-state index in [4.69, 9.17) is 23.8 Å². The molecule has 6 aromatic heterocycles. The number of rotatable bonds is 11. The molecule has 0 radical (unpaired) electrons. The number of amides is 4. The first-order valence-electron chi connectivity index (χ1n) is 37.3. The summed E-state index contributed by atoms with van der Waals surface area (Å²) in [6, 6.07) is 45.5. The molecule has 3 fully saturated rings. The molecule has 4 amide bonds. The fourth-order valence-electron chi connectivity index (χ4n) is 17.7. The molecule has 9 N–H and O–H groups in total. The number of nitrogens with one attached hydrogen (secondary N) is 4. The predicted molar refractivity (Wildman–Crippen MR) is 425 cm³/mol. The van der Waals surface area contributed by atoms with E-state index in [1.807, 2.05) is 205 Å². The van der Waals surface area contributed by atoms with Gasteiger partial charge in [0.25, 0.3) is 23.6 Å². The van der Waals surface area contributed by atoms with Crippen molar-refractivity contribution < 1.29 is 52.6 Å². The van der Waals surface area contributed by atoms with E-state index in [0.717, 1.165) is 183 Å². The molecular weight excluding hydrogens is 1440 g/mol. The van der Waals surface area contributed by atoms with Gasteiger partial charge in [0.1, 0.15) is 28.6 Å². The third-order valence-corrected chi connectivity index (χ3v) is 24.4. The number of β-amino-alcohol motifs (C(OH)–C–C–N with tert-alkyl or cyclic N) is 2. The van der Waals surface area contributed by atoms with Gasteiger partial charge in [-0.3, -0.25) is 33.9 Å². The number of fused-ring (bicyclic) bond motifs is 4. The summed E-state index contributed by atoms with van der Waals surface area (Å²) in [5, 5.41) is 66.9. The van der Waals surface area contributed by atoms with Crippen LogP contribution in [0.3, 0.4) is 0 Å². The van der Waals surface area contributed by atoms with Crippen molar-refractivity contribution in [1.29, 1.82) is 0 Å². The number of aliphatic hydroxyl groups is 3. The number of nitrogens with two attached hydrogens (primary N) is 1. The third-order valence-electron chi connectivity index (χ3n) is 23.0. The molecule has 0 aliphatic carbocycles. The van der Waals surface area contributed by atoms with Crippen molar-refractivity contribution in [2.24, 2.45) is 5.73 Å². The molecule has 0 spiro atoms. The maximum atomic E-state index is 13.5. The number of piperidine rings is 2. The van der Waals surface area contributed by atoms with Crippen LogP contribution in [0.2, 0.25) is 0 Å². The topological polar surface area (TPSA) is 317 Å². The van der Waals surface area contributed by atoms with Crippen LogP contribution < -0.4 is 27.0 Å². The highest BCUT2D eigenvalue weighted by Crippen LogP contribution is 2.53. The zero-order valence-electron chi connectivity index (χ0n) is 63.0. The van der Waals surface area contributed by atoms with Gasteiger partial charge in [-0.2, -0.15) is 22.7 Å². The summed E-state index contributed by atoms with van der Waals surface area (Å²) in [5.74, 6) is 2.62. The lowest BCUT2D eigenvalue weighted by Crippen LogP contribution is -2.63. The van der Waals surface area contributed by atoms with Gasteiger partial charge in [-0.15, -0.1) is 0 Å². The maximum Gasteiger partial charge on any atom is 0.254 e. The minimum atomic E-state index is -1.21. The molecule has 13 heterocycles. The second-order valence-electron chi connectivity index (χ2n) is 29.9. The Kier molecular flexibility index (Phi) is 19.5. The molecule has 23 nitrogen and oxygen atoms in total. The minimum absolute atomic E-state index is 0.0294. The number of likely N-dealkylation sites (tertiary alicyclic amines) is 3. The van der Waals surface area contributed by atoms with E-state index < -0.39 is 34.4 Å². The molecule has 6 aromatic carbocycles. The van der Waals surface area contributed by atoms with E-state index in [0.29, 0.717) is 45.6 Å². The van der Waals surface area contributed by atoms with E-state index in [1.165, 1.54) is 0 Å². The van der Waals surface area contributed by atoms with Crippen LogP contribution in [0.1, 0.15) is 122 Å². The molecule has 0 saturated carbocycles. The van der Waals surface area contributed by atoms with Gasteiger partial charge in [0.05, 0.1) is 41.1 Å². The molecule has 3 saturated heterocycles. The SMILES string of the molecule is Cc1ccc(C2(N)C(=O)Nc3ccc(-c4c(C)noc4C)cc32)cc1.Cc1noc(C)c1-c1ccc2c(c1)C(c1ccccc1)(N1CC(O)C1)C(=O)N2.Cc1noc(C)c1-c1ccc2c(c1)C(c1ccsc1)(N1CCC(O)CC1)C(=O)N2.Cc1noc(C)c1-c1ccc2c(c1)C(c1ccsc1)(N1CCCC(O)C1)C(=O)N2. The Labute approximate surface area is 649 Å². The van der Waals surface area contributed by atoms with Crippen LogP contribution in [0.25, 0.3) is 44.5 Å². The normalized spacial score (nSPS) is 22.2. The average molecular weight is 1530 g/mol. The van der Waals surface area contributed by atoms with Gasteiger partial charge in [-0.1, -0.05) is 105 Å². The molecule has 568 valence electrons. The maximum absolute atomic E-state index is 13.5. The molecule has 19 rings (SSSR count). The van der Waals surface area contributed by atoms with Gasteiger partial charge < -0.3 is 60.4 Å². The standard InChI is InChI=1S/2C22H23N3O3S.C22H21N3O3.C20H19N3O2/c1-13-20(14(2)28-24-13)15-3-4-19-18(11-15)22(21(27)23-19,16-7-10-29-12-16)25-8-5-17(26)6-9-25;1-13-20(14(2)28-24-13)15-5-6-19-18(10-15)22(21(27)23-19,16-7-9-29-12-16)25-8-3-4-17(26)11-25;1-13-20(14(2)28-24-13)15-8-9-19-18(10-15)22(21(27)23-19,25-11-17(26)12-25)16-6-4-3-5-7-16;1-11-4-7-15(8-5-11)20(21)16-10-14(6-9-17(16)22-19(20)24)18-12(2)23-25-13(18)3/h3-4,7,10-12,17,26H,5-6,8-9H2,1-2H3,(H,23,27);5-7,9-10,12,17,26H,3-4,8,11H2,1-2H3,(H,23,27);3-10,17,26H,11-12H2,1-2H3,(H,23,27);4-10H,21H2,1-3H3,(H,22,24). The Morgan fingerprint density at radius 3 is 1.15 bits per heavy atom. The van der Waals surface area contributed by atoms with E-state index in [2.05, 4.69) is 75.3 Å². The molecule has 5 unspecified atom stereocenters. The van der Waals surface area contributed by atoms with Gasteiger partial charge >= 0.3 is 0 Å². The Hall–Kier alpha value is -10.8. The molecule has 12 aromatic rings. The number of aliphatic hydroxyl groups excluding tert-OH is 3. The lowest BCUT2D eigenvalue weighted by molar-refractivity contribution is -0.133. The highest BCUT2D eigenvalue weighted by Gasteiger charge is 2.58. The number of benzene rings is 6. The van der Waals surface area contributed by atoms with Crippen LogP contribution in [0.5, 0.6) is 0 Å². The summed E-state index contributed by atoms with van der Waals surface area (Å²) in [6.07, 6.45) is 1.81. The smallest absolute Gasteiger partial charge is 0.254 e. The average Bonchev–Trinajstić information content (AvgIpc) is 1.59. The Morgan fingerprint density at radius 1 is 0.396 bits per heavy atom. The van der Waals surface area contributed by atoms with Crippen LogP contribution in [0.4, 0.5) is 22.7 Å². The largest absolute Gasteiger partial charge is 0.393 e. The van der Waals surface area contributed by atoms with E-state index >= 15 is 0 Å². The monoisotopic (exact) mass is 1530 g/mol. The number of thiophene rings is 2. The fourth-order valence-corrected chi connectivity index (χ4v) is 19.0.